The van der Waals surface area contributed by atoms with E-state index in [0.29, 0.717) is 22.6 Å². The molecule has 0 atom stereocenters. The van der Waals surface area contributed by atoms with Crippen LogP contribution >= 0.6 is 11.8 Å². The molecule has 0 spiro atoms. The summed E-state index contributed by atoms with van der Waals surface area (Å²) in [5, 5.41) is 4.80. The average Bonchev–Trinajstić information content (AvgIpc) is 3.13. The third-order valence-corrected chi connectivity index (χ3v) is 6.30. The number of hydrogen-bond donors (Lipinski definition) is 1. The number of anilines is 1. The van der Waals surface area contributed by atoms with Crippen molar-refractivity contribution in [3.63, 3.8) is 0 Å². The van der Waals surface area contributed by atoms with Gasteiger partial charge < -0.3 is 5.32 Å². The Morgan fingerprint density at radius 2 is 2.00 bits per heavy atom. The molecule has 0 amide bonds. The lowest BCUT2D eigenvalue weighted by Crippen LogP contribution is -2.17. The van der Waals surface area contributed by atoms with E-state index in [1.807, 2.05) is 6.26 Å². The Bertz CT molecular complexity index is 959. The van der Waals surface area contributed by atoms with Gasteiger partial charge >= 0.3 is 0 Å². The highest BCUT2D eigenvalue weighted by Crippen LogP contribution is 2.26. The molecule has 0 unspecified atom stereocenters. The standard InChI is InChI=1S/C18H19F2N3O2S2/c1-26-18-21-11-12(17(23-18)22-14-4-2-3-5-14)8-9-27(24,25)16-7-6-13(19)10-15(16)20/h6-11,14H,2-5H2,1H3,(H,21,22,23)/b9-8+. The lowest BCUT2D eigenvalue weighted by Gasteiger charge is -2.15. The average molecular weight is 411 g/mol. The number of sulfone groups is 1. The van der Waals surface area contributed by atoms with Gasteiger partial charge in [0.1, 0.15) is 22.3 Å². The van der Waals surface area contributed by atoms with Gasteiger partial charge in [0, 0.05) is 29.3 Å². The molecule has 2 aromatic rings. The summed E-state index contributed by atoms with van der Waals surface area (Å²) in [6.45, 7) is 0. The van der Waals surface area contributed by atoms with Gasteiger partial charge in [-0.2, -0.15) is 0 Å². The molecule has 9 heteroatoms. The second kappa shape index (κ2) is 8.35. The topological polar surface area (TPSA) is 72.0 Å². The van der Waals surface area contributed by atoms with Crippen LogP contribution in [-0.4, -0.2) is 30.7 Å². The van der Waals surface area contributed by atoms with Crippen molar-refractivity contribution in [3.05, 3.63) is 47.0 Å². The molecular formula is C18H19F2N3O2S2. The molecule has 144 valence electrons. The highest BCUT2D eigenvalue weighted by atomic mass is 32.2. The maximum absolute atomic E-state index is 13.8. The number of aromatic nitrogens is 2. The Hall–Kier alpha value is -2.00. The largest absolute Gasteiger partial charge is 0.367 e. The van der Waals surface area contributed by atoms with E-state index in [1.165, 1.54) is 24.0 Å². The lowest BCUT2D eigenvalue weighted by molar-refractivity contribution is 0.552. The van der Waals surface area contributed by atoms with Gasteiger partial charge in [0.15, 0.2) is 5.16 Å². The summed E-state index contributed by atoms with van der Waals surface area (Å²) in [7, 11) is -4.08. The second-order valence-electron chi connectivity index (χ2n) is 6.21. The molecule has 0 radical (unpaired) electrons. The maximum Gasteiger partial charge on any atom is 0.202 e. The van der Waals surface area contributed by atoms with Gasteiger partial charge in [0.2, 0.25) is 9.84 Å². The molecule has 0 bridgehead atoms. The van der Waals surface area contributed by atoms with E-state index in [2.05, 4.69) is 15.3 Å². The summed E-state index contributed by atoms with van der Waals surface area (Å²) < 4.78 is 51.7. The molecule has 1 saturated carbocycles. The fourth-order valence-electron chi connectivity index (χ4n) is 2.92. The van der Waals surface area contributed by atoms with Crippen molar-refractivity contribution < 1.29 is 17.2 Å². The van der Waals surface area contributed by atoms with Crippen LogP contribution in [0, 0.1) is 11.6 Å². The monoisotopic (exact) mass is 411 g/mol. The van der Waals surface area contributed by atoms with Gasteiger partial charge in [-0.3, -0.25) is 0 Å². The molecule has 0 saturated heterocycles. The van der Waals surface area contributed by atoms with Crippen molar-refractivity contribution in [1.82, 2.24) is 9.97 Å². The van der Waals surface area contributed by atoms with Crippen LogP contribution in [0.25, 0.3) is 6.08 Å². The second-order valence-corrected chi connectivity index (χ2v) is 8.78. The van der Waals surface area contributed by atoms with Gasteiger partial charge in [-0.15, -0.1) is 0 Å². The number of nitrogens with one attached hydrogen (secondary N) is 1. The van der Waals surface area contributed by atoms with E-state index in [9.17, 15) is 17.2 Å². The SMILES string of the molecule is CSc1ncc(/C=C/S(=O)(=O)c2ccc(F)cc2F)c(NC2CCCC2)n1. The molecular weight excluding hydrogens is 392 g/mol. The third kappa shape index (κ3) is 4.84. The fraction of sp³-hybridized carbons (Fsp3) is 0.333. The van der Waals surface area contributed by atoms with Crippen molar-refractivity contribution in [2.75, 3.05) is 11.6 Å². The quantitative estimate of drug-likeness (QED) is 0.435. The van der Waals surface area contributed by atoms with Gasteiger partial charge in [-0.25, -0.2) is 27.2 Å². The van der Waals surface area contributed by atoms with E-state index in [4.69, 9.17) is 0 Å². The fourth-order valence-corrected chi connectivity index (χ4v) is 4.32. The molecule has 1 heterocycles. The minimum atomic E-state index is -4.08. The van der Waals surface area contributed by atoms with Crippen LogP contribution in [0.5, 0.6) is 0 Å². The smallest absolute Gasteiger partial charge is 0.202 e. The Labute approximate surface area is 161 Å². The predicted octanol–water partition coefficient (Wildman–Crippen LogP) is 4.28. The summed E-state index contributed by atoms with van der Waals surface area (Å²) in [5.74, 6) is -1.41. The van der Waals surface area contributed by atoms with E-state index in [1.54, 1.807) is 0 Å². The number of benzene rings is 1. The van der Waals surface area contributed by atoms with Gasteiger partial charge in [-0.1, -0.05) is 24.6 Å². The van der Waals surface area contributed by atoms with Gasteiger partial charge in [0.25, 0.3) is 0 Å². The Kier molecular flexibility index (Phi) is 6.11. The summed E-state index contributed by atoms with van der Waals surface area (Å²) in [6, 6.07) is 2.65. The molecule has 1 aliphatic carbocycles. The van der Waals surface area contributed by atoms with E-state index < -0.39 is 26.4 Å². The Morgan fingerprint density at radius 3 is 2.67 bits per heavy atom. The van der Waals surface area contributed by atoms with Crippen LogP contribution < -0.4 is 5.32 Å². The predicted molar refractivity (Wildman–Crippen MR) is 102 cm³/mol. The normalized spacial score (nSPS) is 15.5. The number of rotatable bonds is 6. The van der Waals surface area contributed by atoms with Crippen molar-refractivity contribution in [1.29, 1.82) is 0 Å². The van der Waals surface area contributed by atoms with Crippen LogP contribution in [0.3, 0.4) is 0 Å². The highest BCUT2D eigenvalue weighted by Gasteiger charge is 2.19. The molecule has 1 aliphatic rings. The van der Waals surface area contributed by atoms with E-state index >= 15 is 0 Å². The molecule has 0 aliphatic heterocycles. The zero-order valence-electron chi connectivity index (χ0n) is 14.7. The van der Waals surface area contributed by atoms with E-state index in [-0.39, 0.29) is 6.04 Å². The summed E-state index contributed by atoms with van der Waals surface area (Å²) in [5.41, 5.74) is 0.491. The molecule has 1 aromatic heterocycles. The van der Waals surface area contributed by atoms with E-state index in [0.717, 1.165) is 43.2 Å². The third-order valence-electron chi connectivity index (χ3n) is 4.30. The first-order valence-corrected chi connectivity index (χ1v) is 11.2. The number of nitrogens with zero attached hydrogens (tertiary/aromatic N) is 2. The minimum absolute atomic E-state index is 0.285. The zero-order valence-corrected chi connectivity index (χ0v) is 16.3. The van der Waals surface area contributed by atoms with Crippen LogP contribution in [0.4, 0.5) is 14.6 Å². The lowest BCUT2D eigenvalue weighted by atomic mass is 10.2. The molecule has 1 N–H and O–H groups in total. The van der Waals surface area contributed by atoms with Crippen LogP contribution in [-0.2, 0) is 9.84 Å². The Balaban J connectivity index is 1.91. The molecule has 27 heavy (non-hydrogen) atoms. The van der Waals surface area contributed by atoms with Gasteiger partial charge in [0.05, 0.1) is 0 Å². The zero-order chi connectivity index (χ0) is 19.4. The van der Waals surface area contributed by atoms with Crippen LogP contribution in [0.1, 0.15) is 31.2 Å². The first-order valence-electron chi connectivity index (χ1n) is 8.45. The number of halogens is 2. The van der Waals surface area contributed by atoms with Crippen molar-refractivity contribution in [3.8, 4) is 0 Å². The number of thioether (sulfide) groups is 1. The first-order chi connectivity index (χ1) is 12.9. The van der Waals surface area contributed by atoms with Crippen molar-refractivity contribution in [2.45, 2.75) is 41.8 Å². The first kappa shape index (κ1) is 19.8. The van der Waals surface area contributed by atoms with Crippen molar-refractivity contribution in [2.24, 2.45) is 0 Å². The highest BCUT2D eigenvalue weighted by molar-refractivity contribution is 7.98. The maximum atomic E-state index is 13.8. The molecule has 1 aromatic carbocycles. The Morgan fingerprint density at radius 1 is 1.26 bits per heavy atom. The minimum Gasteiger partial charge on any atom is -0.367 e. The summed E-state index contributed by atoms with van der Waals surface area (Å²) >= 11 is 1.38. The molecule has 3 rings (SSSR count). The van der Waals surface area contributed by atoms with Crippen molar-refractivity contribution >= 4 is 33.5 Å². The molecule has 5 nitrogen and oxygen atoms in total. The van der Waals surface area contributed by atoms with Crippen LogP contribution in [0.2, 0.25) is 0 Å². The number of hydrogen-bond acceptors (Lipinski definition) is 6. The summed E-state index contributed by atoms with van der Waals surface area (Å²) in [6.07, 6.45) is 9.05. The van der Waals surface area contributed by atoms with Gasteiger partial charge in [-0.05, 0) is 37.3 Å². The summed E-state index contributed by atoms with van der Waals surface area (Å²) in [4.78, 5) is 8.03. The molecule has 1 fully saturated rings. The van der Waals surface area contributed by atoms with Crippen LogP contribution in [0.15, 0.2) is 39.9 Å².